The fourth-order valence-electron chi connectivity index (χ4n) is 3.20. The van der Waals surface area contributed by atoms with Crippen molar-refractivity contribution in [2.24, 2.45) is 0 Å². The first-order chi connectivity index (χ1) is 12.6. The van der Waals surface area contributed by atoms with E-state index in [9.17, 15) is 14.7 Å². The lowest BCUT2D eigenvalue weighted by Crippen LogP contribution is -2.41. The van der Waals surface area contributed by atoms with Gasteiger partial charge in [-0.3, -0.25) is 9.59 Å². The van der Waals surface area contributed by atoms with E-state index in [0.29, 0.717) is 17.8 Å². The van der Waals surface area contributed by atoms with Gasteiger partial charge >= 0.3 is 0 Å². The Morgan fingerprint density at radius 1 is 1.08 bits per heavy atom. The molecule has 1 atom stereocenters. The number of fused-ring (bicyclic) bond motifs is 1. The molecule has 0 unspecified atom stereocenters. The molecule has 0 aliphatic carbocycles. The normalized spacial score (nSPS) is 19.5. The maximum absolute atomic E-state index is 12.7. The number of carbonyl (C=O) groups excluding carboxylic acids is 2. The van der Waals surface area contributed by atoms with Crippen molar-refractivity contribution in [1.29, 1.82) is 0 Å². The van der Waals surface area contributed by atoms with Gasteiger partial charge in [-0.05, 0) is 24.6 Å². The van der Waals surface area contributed by atoms with Crippen molar-refractivity contribution in [3.8, 4) is 0 Å². The molecular weight excluding hydrogens is 326 g/mol. The summed E-state index contributed by atoms with van der Waals surface area (Å²) in [6, 6.07) is 16.8. The quantitative estimate of drug-likeness (QED) is 0.643. The molecule has 0 fully saturated rings. The van der Waals surface area contributed by atoms with Crippen molar-refractivity contribution in [2.75, 3.05) is 11.4 Å². The third-order valence-corrected chi connectivity index (χ3v) is 4.47. The van der Waals surface area contributed by atoms with Gasteiger partial charge in [-0.2, -0.15) is 0 Å². The van der Waals surface area contributed by atoms with Crippen LogP contribution in [0.2, 0.25) is 0 Å². The smallest absolute Gasteiger partial charge is 0.264 e. The molecule has 1 aliphatic rings. The Kier molecular flexibility index (Phi) is 5.14. The second-order valence-corrected chi connectivity index (χ2v) is 6.20. The third kappa shape index (κ3) is 3.37. The first-order valence-corrected chi connectivity index (χ1v) is 8.62. The van der Waals surface area contributed by atoms with Crippen LogP contribution in [0.25, 0.3) is 6.08 Å². The number of allylic oxidation sites excluding steroid dienone is 3. The average molecular weight is 347 g/mol. The number of benzene rings is 2. The third-order valence-electron chi connectivity index (χ3n) is 4.47. The molecule has 0 saturated carbocycles. The summed E-state index contributed by atoms with van der Waals surface area (Å²) in [5, 5.41) is 11.0. The molecule has 3 rings (SSSR count). The number of aliphatic hydroxyl groups is 1. The van der Waals surface area contributed by atoms with Gasteiger partial charge in [0.25, 0.3) is 5.91 Å². The number of anilines is 1. The zero-order valence-electron chi connectivity index (χ0n) is 14.6. The largest absolute Gasteiger partial charge is 0.375 e. The van der Waals surface area contributed by atoms with Gasteiger partial charge < -0.3 is 10.0 Å². The van der Waals surface area contributed by atoms with Gasteiger partial charge in [0.2, 0.25) is 0 Å². The topological polar surface area (TPSA) is 57.6 Å². The van der Waals surface area contributed by atoms with E-state index in [1.54, 1.807) is 30.4 Å². The van der Waals surface area contributed by atoms with Crippen molar-refractivity contribution in [3.05, 3.63) is 84.0 Å². The highest BCUT2D eigenvalue weighted by molar-refractivity contribution is 6.09. The first kappa shape index (κ1) is 17.8. The molecule has 1 heterocycles. The summed E-state index contributed by atoms with van der Waals surface area (Å²) in [7, 11) is 0. The lowest BCUT2D eigenvalue weighted by molar-refractivity contribution is -0.140. The predicted octanol–water partition coefficient (Wildman–Crippen LogP) is 3.47. The van der Waals surface area contributed by atoms with Crippen LogP contribution in [0.4, 0.5) is 5.69 Å². The van der Waals surface area contributed by atoms with Crippen molar-refractivity contribution in [3.63, 3.8) is 0 Å². The number of carbonyl (C=O) groups is 2. The fourth-order valence-corrected chi connectivity index (χ4v) is 3.20. The van der Waals surface area contributed by atoms with Gasteiger partial charge in [-0.1, -0.05) is 66.8 Å². The van der Waals surface area contributed by atoms with Crippen LogP contribution >= 0.6 is 0 Å². The Bertz CT molecular complexity index is 870. The van der Waals surface area contributed by atoms with Crippen LogP contribution in [0.1, 0.15) is 24.5 Å². The van der Waals surface area contributed by atoms with Gasteiger partial charge in [-0.25, -0.2) is 0 Å². The van der Waals surface area contributed by atoms with E-state index >= 15 is 0 Å². The highest BCUT2D eigenvalue weighted by atomic mass is 16.3. The Morgan fingerprint density at radius 2 is 1.77 bits per heavy atom. The van der Waals surface area contributed by atoms with Gasteiger partial charge in [-0.15, -0.1) is 0 Å². The van der Waals surface area contributed by atoms with E-state index in [1.807, 2.05) is 49.4 Å². The summed E-state index contributed by atoms with van der Waals surface area (Å²) in [6.07, 6.45) is 6.39. The summed E-state index contributed by atoms with van der Waals surface area (Å²) in [6.45, 7) is 2.29. The van der Waals surface area contributed by atoms with Gasteiger partial charge in [0.1, 0.15) is 0 Å². The van der Waals surface area contributed by atoms with E-state index in [2.05, 4.69) is 0 Å². The molecule has 0 spiro atoms. The minimum atomic E-state index is -1.79. The molecule has 0 aromatic heterocycles. The lowest BCUT2D eigenvalue weighted by atomic mass is 9.90. The molecule has 132 valence electrons. The van der Waals surface area contributed by atoms with E-state index in [-0.39, 0.29) is 12.2 Å². The van der Waals surface area contributed by atoms with Crippen molar-refractivity contribution >= 4 is 23.5 Å². The summed E-state index contributed by atoms with van der Waals surface area (Å²) in [4.78, 5) is 26.5. The average Bonchev–Trinajstić information content (AvgIpc) is 2.87. The molecule has 4 nitrogen and oxygen atoms in total. The van der Waals surface area contributed by atoms with Gasteiger partial charge in [0, 0.05) is 12.1 Å². The molecule has 1 amide bonds. The number of rotatable bonds is 6. The molecule has 0 bridgehead atoms. The van der Waals surface area contributed by atoms with Crippen LogP contribution in [-0.2, 0) is 15.2 Å². The van der Waals surface area contributed by atoms with Crippen molar-refractivity contribution in [2.45, 2.75) is 18.9 Å². The molecular formula is C22H21NO3. The Morgan fingerprint density at radius 3 is 2.50 bits per heavy atom. The number of ketones is 1. The van der Waals surface area contributed by atoms with Crippen LogP contribution in [0, 0.1) is 0 Å². The molecule has 4 heteroatoms. The van der Waals surface area contributed by atoms with E-state index in [4.69, 9.17) is 0 Å². The molecule has 2 aromatic rings. The summed E-state index contributed by atoms with van der Waals surface area (Å²) in [5.74, 6) is -0.742. The Labute approximate surface area is 153 Å². The van der Waals surface area contributed by atoms with E-state index < -0.39 is 11.5 Å². The van der Waals surface area contributed by atoms with Crippen LogP contribution < -0.4 is 4.90 Å². The highest BCUT2D eigenvalue weighted by Crippen LogP contribution is 2.42. The van der Waals surface area contributed by atoms with Crippen molar-refractivity contribution < 1.29 is 14.7 Å². The zero-order chi connectivity index (χ0) is 18.6. The Hall–Kier alpha value is -2.98. The standard InChI is InChI=1S/C22H21NO3/c1-2-23-20-15-9-8-14-19(20)22(26,21(23)25)16-18(24)13-7-6-12-17-10-4-3-5-11-17/h3-15,26H,2,16H2,1H3/b12-6-,13-7+/t22-/m0/s1. The monoisotopic (exact) mass is 347 g/mol. The number of nitrogens with zero attached hydrogens (tertiary/aromatic N) is 1. The number of likely N-dealkylation sites (N-methyl/N-ethyl adjacent to an activating group) is 1. The summed E-state index contributed by atoms with van der Waals surface area (Å²) < 4.78 is 0. The highest BCUT2D eigenvalue weighted by Gasteiger charge is 2.49. The number of amides is 1. The number of para-hydroxylation sites is 1. The maximum Gasteiger partial charge on any atom is 0.264 e. The predicted molar refractivity (Wildman–Crippen MR) is 103 cm³/mol. The molecule has 0 radical (unpaired) electrons. The number of hydrogen-bond donors (Lipinski definition) is 1. The molecule has 26 heavy (non-hydrogen) atoms. The minimum absolute atomic E-state index is 0.269. The van der Waals surface area contributed by atoms with Crippen molar-refractivity contribution in [1.82, 2.24) is 0 Å². The Balaban J connectivity index is 1.73. The summed E-state index contributed by atoms with van der Waals surface area (Å²) in [5.41, 5.74) is 0.398. The second kappa shape index (κ2) is 7.50. The van der Waals surface area contributed by atoms with Crippen LogP contribution in [0.3, 0.4) is 0 Å². The van der Waals surface area contributed by atoms with Crippen LogP contribution in [0.5, 0.6) is 0 Å². The zero-order valence-corrected chi connectivity index (χ0v) is 14.6. The summed E-state index contributed by atoms with van der Waals surface area (Å²) >= 11 is 0. The van der Waals surface area contributed by atoms with E-state index in [1.165, 1.54) is 11.0 Å². The van der Waals surface area contributed by atoms with Crippen LogP contribution in [-0.4, -0.2) is 23.3 Å². The molecule has 0 saturated heterocycles. The fraction of sp³-hybridized carbons (Fsp3) is 0.182. The van der Waals surface area contributed by atoms with Crippen LogP contribution in [0.15, 0.2) is 72.8 Å². The molecule has 1 aliphatic heterocycles. The van der Waals surface area contributed by atoms with Gasteiger partial charge in [0.15, 0.2) is 11.4 Å². The lowest BCUT2D eigenvalue weighted by Gasteiger charge is -2.21. The maximum atomic E-state index is 12.7. The second-order valence-electron chi connectivity index (χ2n) is 6.20. The number of hydrogen-bond acceptors (Lipinski definition) is 3. The SMILES string of the molecule is CCN1C(=O)[C@](O)(CC(=O)/C=C/C=C\c2ccccc2)c2ccccc21. The molecule has 1 N–H and O–H groups in total. The van der Waals surface area contributed by atoms with E-state index in [0.717, 1.165) is 5.56 Å². The van der Waals surface area contributed by atoms with Gasteiger partial charge in [0.05, 0.1) is 12.1 Å². The first-order valence-electron chi connectivity index (χ1n) is 8.62. The molecule has 2 aromatic carbocycles. The minimum Gasteiger partial charge on any atom is -0.375 e.